The molecule has 0 fully saturated rings. The van der Waals surface area contributed by atoms with Crippen molar-refractivity contribution in [3.63, 3.8) is 0 Å². The highest BCUT2D eigenvalue weighted by atomic mass is 19.1. The van der Waals surface area contributed by atoms with Crippen LogP contribution >= 0.6 is 0 Å². The molecular formula is C23H14F2N4O3. The number of ether oxygens (including phenoxy) is 1. The summed E-state index contributed by atoms with van der Waals surface area (Å²) < 4.78 is 32.2. The first-order valence-corrected chi connectivity index (χ1v) is 9.06. The quantitative estimate of drug-likeness (QED) is 0.626. The monoisotopic (exact) mass is 432 g/mol. The third kappa shape index (κ3) is 4.69. The molecule has 3 aromatic carbocycles. The lowest BCUT2D eigenvalue weighted by Gasteiger charge is -2.12. The molecule has 32 heavy (non-hydrogen) atoms. The molecule has 2 N–H and O–H groups in total. The molecule has 0 radical (unpaired) electrons. The largest absolute Gasteiger partial charge is 0.496 e. The number of rotatable bonds is 5. The Kier molecular flexibility index (Phi) is 6.42. The first-order valence-electron chi connectivity index (χ1n) is 9.06. The van der Waals surface area contributed by atoms with Gasteiger partial charge in [-0.05, 0) is 54.6 Å². The Morgan fingerprint density at radius 1 is 0.812 bits per heavy atom. The van der Waals surface area contributed by atoms with Crippen molar-refractivity contribution in [3.8, 4) is 17.9 Å². The minimum absolute atomic E-state index is 0.0137. The van der Waals surface area contributed by atoms with E-state index in [1.165, 1.54) is 49.6 Å². The third-order valence-electron chi connectivity index (χ3n) is 4.40. The molecule has 0 aromatic heterocycles. The van der Waals surface area contributed by atoms with E-state index >= 15 is 0 Å². The first kappa shape index (κ1) is 21.9. The maximum absolute atomic E-state index is 13.5. The van der Waals surface area contributed by atoms with E-state index in [2.05, 4.69) is 10.6 Å². The van der Waals surface area contributed by atoms with Crippen LogP contribution in [0.5, 0.6) is 5.75 Å². The van der Waals surface area contributed by atoms with E-state index in [1.54, 1.807) is 12.1 Å². The predicted molar refractivity (Wildman–Crippen MR) is 111 cm³/mol. The van der Waals surface area contributed by atoms with Crippen LogP contribution in [0.1, 0.15) is 31.8 Å². The van der Waals surface area contributed by atoms with Crippen molar-refractivity contribution in [3.05, 3.63) is 88.5 Å². The van der Waals surface area contributed by atoms with Crippen LogP contribution in [0.25, 0.3) is 0 Å². The number of carbonyl (C=O) groups is 2. The van der Waals surface area contributed by atoms with Gasteiger partial charge in [-0.1, -0.05) is 0 Å². The normalized spacial score (nSPS) is 9.91. The molecule has 0 aliphatic rings. The summed E-state index contributed by atoms with van der Waals surface area (Å²) >= 11 is 0. The van der Waals surface area contributed by atoms with Crippen LogP contribution in [0.2, 0.25) is 0 Å². The van der Waals surface area contributed by atoms with Gasteiger partial charge < -0.3 is 15.4 Å². The number of anilines is 2. The van der Waals surface area contributed by atoms with Gasteiger partial charge in [-0.3, -0.25) is 9.59 Å². The van der Waals surface area contributed by atoms with E-state index in [4.69, 9.17) is 15.3 Å². The number of halogens is 2. The number of hydrogen-bond donors (Lipinski definition) is 2. The minimum Gasteiger partial charge on any atom is -0.496 e. The Balaban J connectivity index is 1.86. The van der Waals surface area contributed by atoms with E-state index in [0.717, 1.165) is 12.1 Å². The van der Waals surface area contributed by atoms with Crippen molar-refractivity contribution in [2.45, 2.75) is 0 Å². The van der Waals surface area contributed by atoms with Gasteiger partial charge in [-0.2, -0.15) is 10.5 Å². The summed E-state index contributed by atoms with van der Waals surface area (Å²) in [5.41, 5.74) is 0.0216. The van der Waals surface area contributed by atoms with Gasteiger partial charge in [0.25, 0.3) is 11.8 Å². The van der Waals surface area contributed by atoms with Crippen molar-refractivity contribution in [1.82, 2.24) is 0 Å². The van der Waals surface area contributed by atoms with E-state index < -0.39 is 23.4 Å². The van der Waals surface area contributed by atoms with E-state index in [1.807, 2.05) is 0 Å². The number of benzene rings is 3. The van der Waals surface area contributed by atoms with Crippen LogP contribution in [-0.2, 0) is 0 Å². The fourth-order valence-electron chi connectivity index (χ4n) is 2.81. The minimum atomic E-state index is -0.720. The zero-order valence-corrected chi connectivity index (χ0v) is 16.6. The number of methoxy groups -OCH3 is 1. The van der Waals surface area contributed by atoms with Crippen molar-refractivity contribution in [2.75, 3.05) is 17.7 Å². The summed E-state index contributed by atoms with van der Waals surface area (Å²) in [7, 11) is 1.35. The molecule has 3 rings (SSSR count). The number of amides is 2. The molecule has 3 aromatic rings. The topological polar surface area (TPSA) is 115 Å². The van der Waals surface area contributed by atoms with Crippen LogP contribution in [-0.4, -0.2) is 18.9 Å². The molecule has 0 aliphatic heterocycles. The number of nitrogens with one attached hydrogen (secondary N) is 2. The molecule has 0 heterocycles. The van der Waals surface area contributed by atoms with E-state index in [9.17, 15) is 18.4 Å². The lowest BCUT2D eigenvalue weighted by Crippen LogP contribution is -2.17. The molecule has 9 heteroatoms. The summed E-state index contributed by atoms with van der Waals surface area (Å²) in [6, 6.07) is 14.5. The molecule has 7 nitrogen and oxygen atoms in total. The molecule has 158 valence electrons. The standard InChI is InChI=1S/C23H14F2N4O3/c1-32-21-7-2-13(22(30)28-16-3-5-19(24)14(8-16)11-26)10-18(21)23(31)29-17-4-6-20(25)15(9-17)12-27/h2-10H,1H3,(H,28,30)(H,29,31). The van der Waals surface area contributed by atoms with Crippen LogP contribution in [0.15, 0.2) is 54.6 Å². The molecule has 0 saturated heterocycles. The second-order valence-electron chi connectivity index (χ2n) is 6.44. The second-order valence-corrected chi connectivity index (χ2v) is 6.44. The van der Waals surface area contributed by atoms with Gasteiger partial charge in [0.2, 0.25) is 0 Å². The first-order chi connectivity index (χ1) is 15.4. The molecule has 0 bridgehead atoms. The van der Waals surface area contributed by atoms with Crippen LogP contribution < -0.4 is 15.4 Å². The number of carbonyl (C=O) groups excluding carboxylic acids is 2. The molecule has 0 aliphatic carbocycles. The summed E-state index contributed by atoms with van der Waals surface area (Å²) in [5, 5.41) is 22.9. The van der Waals surface area contributed by atoms with Gasteiger partial charge in [-0.25, -0.2) is 8.78 Å². The average molecular weight is 432 g/mol. The van der Waals surface area contributed by atoms with Crippen molar-refractivity contribution in [1.29, 1.82) is 10.5 Å². The van der Waals surface area contributed by atoms with Crippen LogP contribution in [0.3, 0.4) is 0 Å². The Morgan fingerprint density at radius 3 is 1.84 bits per heavy atom. The van der Waals surface area contributed by atoms with Gasteiger partial charge in [0.1, 0.15) is 29.5 Å². The molecular weight excluding hydrogens is 418 g/mol. The lowest BCUT2D eigenvalue weighted by molar-refractivity contribution is 0.102. The summed E-state index contributed by atoms with van der Waals surface area (Å²) in [6.45, 7) is 0. The fraction of sp³-hybridized carbons (Fsp3) is 0.0435. The van der Waals surface area contributed by atoms with Gasteiger partial charge in [0.05, 0.1) is 23.8 Å². The van der Waals surface area contributed by atoms with Gasteiger partial charge in [-0.15, -0.1) is 0 Å². The highest BCUT2D eigenvalue weighted by Gasteiger charge is 2.17. The lowest BCUT2D eigenvalue weighted by atomic mass is 10.1. The Labute approximate surface area is 181 Å². The smallest absolute Gasteiger partial charge is 0.259 e. The van der Waals surface area contributed by atoms with Gasteiger partial charge in [0, 0.05) is 16.9 Å². The third-order valence-corrected chi connectivity index (χ3v) is 4.40. The Hall–Kier alpha value is -4.76. The molecule has 2 amide bonds. The number of hydrogen-bond acceptors (Lipinski definition) is 5. The fourth-order valence-corrected chi connectivity index (χ4v) is 2.81. The predicted octanol–water partition coefficient (Wildman–Crippen LogP) is 4.22. The molecule has 0 saturated carbocycles. The van der Waals surface area contributed by atoms with Crippen molar-refractivity contribution < 1.29 is 23.1 Å². The van der Waals surface area contributed by atoms with Gasteiger partial charge >= 0.3 is 0 Å². The Morgan fingerprint density at radius 2 is 1.34 bits per heavy atom. The van der Waals surface area contributed by atoms with Crippen molar-refractivity contribution >= 4 is 23.2 Å². The van der Waals surface area contributed by atoms with Gasteiger partial charge in [0.15, 0.2) is 0 Å². The SMILES string of the molecule is COc1ccc(C(=O)Nc2ccc(F)c(C#N)c2)cc1C(=O)Nc1ccc(F)c(C#N)c1. The molecule has 0 unspecified atom stereocenters. The van der Waals surface area contributed by atoms with E-state index in [0.29, 0.717) is 0 Å². The highest BCUT2D eigenvalue weighted by molar-refractivity contribution is 6.10. The highest BCUT2D eigenvalue weighted by Crippen LogP contribution is 2.23. The zero-order valence-electron chi connectivity index (χ0n) is 16.6. The van der Waals surface area contributed by atoms with Crippen LogP contribution in [0, 0.1) is 34.3 Å². The van der Waals surface area contributed by atoms with E-state index in [-0.39, 0.29) is 39.4 Å². The second kappa shape index (κ2) is 9.37. The number of nitriles is 2. The zero-order chi connectivity index (χ0) is 23.3. The molecule has 0 spiro atoms. The van der Waals surface area contributed by atoms with Crippen LogP contribution in [0.4, 0.5) is 20.2 Å². The maximum Gasteiger partial charge on any atom is 0.259 e. The average Bonchev–Trinajstić information content (AvgIpc) is 2.80. The van der Waals surface area contributed by atoms with Crippen molar-refractivity contribution in [2.24, 2.45) is 0 Å². The molecule has 0 atom stereocenters. The Bertz CT molecular complexity index is 1310. The summed E-state index contributed by atoms with van der Waals surface area (Å²) in [4.78, 5) is 25.4. The maximum atomic E-state index is 13.5. The summed E-state index contributed by atoms with van der Waals surface area (Å²) in [5.74, 6) is -2.52. The summed E-state index contributed by atoms with van der Waals surface area (Å²) in [6.07, 6.45) is 0. The number of nitrogens with zero attached hydrogens (tertiary/aromatic N) is 2.